The number of methoxy groups -OCH3 is 1. The SMILES string of the molecule is CCOc1ccc(Cc2cc([C@]3(OC)O[C@H](CO)[C@@H](OCc4ccccc4)[C@H](OCc4ccccc4)[C@H]3OCc3ccccc3)ccc2Cl)cc1F. The molecule has 52 heavy (non-hydrogen) atoms. The van der Waals surface area contributed by atoms with Crippen LogP contribution in [0.3, 0.4) is 0 Å². The lowest BCUT2D eigenvalue weighted by atomic mass is 9.86. The van der Waals surface area contributed by atoms with Crippen molar-refractivity contribution in [2.45, 2.75) is 63.4 Å². The Morgan fingerprint density at radius 2 is 1.29 bits per heavy atom. The summed E-state index contributed by atoms with van der Waals surface area (Å²) in [6, 6.07) is 39.8. The van der Waals surface area contributed by atoms with Gasteiger partial charge < -0.3 is 33.5 Å². The highest BCUT2D eigenvalue weighted by atomic mass is 35.5. The van der Waals surface area contributed by atoms with E-state index in [4.69, 9.17) is 40.0 Å². The lowest BCUT2D eigenvalue weighted by Crippen LogP contribution is -2.66. The van der Waals surface area contributed by atoms with Gasteiger partial charge in [-0.1, -0.05) is 115 Å². The summed E-state index contributed by atoms with van der Waals surface area (Å²) < 4.78 is 53.6. The van der Waals surface area contributed by atoms with Crippen LogP contribution in [0.5, 0.6) is 5.75 Å². The first-order valence-electron chi connectivity index (χ1n) is 17.4. The number of ether oxygens (including phenoxy) is 6. The van der Waals surface area contributed by atoms with Crippen molar-refractivity contribution in [1.82, 2.24) is 0 Å². The van der Waals surface area contributed by atoms with E-state index in [9.17, 15) is 9.50 Å². The average Bonchev–Trinajstić information content (AvgIpc) is 3.18. The van der Waals surface area contributed by atoms with Crippen molar-refractivity contribution in [2.24, 2.45) is 0 Å². The second-order valence-corrected chi connectivity index (χ2v) is 13.0. The first-order chi connectivity index (χ1) is 25.4. The van der Waals surface area contributed by atoms with Crippen molar-refractivity contribution < 1.29 is 37.9 Å². The van der Waals surface area contributed by atoms with Crippen LogP contribution in [0.1, 0.15) is 40.3 Å². The third-order valence-corrected chi connectivity index (χ3v) is 9.52. The number of rotatable bonds is 16. The Morgan fingerprint density at radius 3 is 1.83 bits per heavy atom. The standard InChI is InChI=1S/C43H44ClFO7/c1-3-48-38-22-19-33(24-37(38)45)23-34-25-35(20-21-36(34)44)43(47-2)42(51-29-32-17-11-6-12-18-32)41(50-28-31-15-9-5-10-16-31)40(39(26-46)52-43)49-27-30-13-7-4-8-14-30/h4-22,24-25,39-42,46H,3,23,26-29H2,1-2H3/t39-,40-,41+,42-,43+/m1/s1. The van der Waals surface area contributed by atoms with Crippen LogP contribution in [0.2, 0.25) is 5.02 Å². The zero-order chi connectivity index (χ0) is 36.3. The molecule has 1 heterocycles. The molecule has 1 aliphatic heterocycles. The topological polar surface area (TPSA) is 75.6 Å². The monoisotopic (exact) mass is 726 g/mol. The van der Waals surface area contributed by atoms with Crippen LogP contribution >= 0.6 is 11.6 Å². The van der Waals surface area contributed by atoms with Crippen LogP contribution in [0.4, 0.5) is 4.39 Å². The van der Waals surface area contributed by atoms with E-state index in [0.29, 0.717) is 34.7 Å². The number of aliphatic hydroxyl groups excluding tert-OH is 1. The van der Waals surface area contributed by atoms with Crippen molar-refractivity contribution in [3.8, 4) is 5.75 Å². The molecule has 0 aromatic heterocycles. The molecule has 0 amide bonds. The van der Waals surface area contributed by atoms with E-state index in [1.807, 2.05) is 116 Å². The Hall–Kier alpha value is -4.12. The summed E-state index contributed by atoms with van der Waals surface area (Å²) in [5, 5.41) is 11.4. The molecule has 0 radical (unpaired) electrons. The van der Waals surface area contributed by atoms with Gasteiger partial charge in [0.25, 0.3) is 0 Å². The predicted octanol–water partition coefficient (Wildman–Crippen LogP) is 8.42. The summed E-state index contributed by atoms with van der Waals surface area (Å²) in [6.07, 6.45) is -2.98. The first-order valence-corrected chi connectivity index (χ1v) is 17.8. The van der Waals surface area contributed by atoms with Crippen LogP contribution in [-0.4, -0.2) is 49.8 Å². The zero-order valence-corrected chi connectivity index (χ0v) is 30.1. The van der Waals surface area contributed by atoms with E-state index in [-0.39, 0.29) is 32.2 Å². The molecule has 1 saturated heterocycles. The maximum Gasteiger partial charge on any atom is 0.225 e. The molecule has 0 spiro atoms. The van der Waals surface area contributed by atoms with Crippen LogP contribution in [0.25, 0.3) is 0 Å². The quantitative estimate of drug-likeness (QED) is 0.109. The maximum atomic E-state index is 14.9. The molecule has 1 fully saturated rings. The van der Waals surface area contributed by atoms with Gasteiger partial charge >= 0.3 is 0 Å². The minimum atomic E-state index is -1.58. The summed E-state index contributed by atoms with van der Waals surface area (Å²) in [5.41, 5.74) is 4.87. The zero-order valence-electron chi connectivity index (χ0n) is 29.3. The molecular formula is C43H44ClFO7. The summed E-state index contributed by atoms with van der Waals surface area (Å²) in [5.74, 6) is -1.84. The second-order valence-electron chi connectivity index (χ2n) is 12.6. The van der Waals surface area contributed by atoms with Crippen molar-refractivity contribution in [3.63, 3.8) is 0 Å². The van der Waals surface area contributed by atoms with E-state index >= 15 is 0 Å². The van der Waals surface area contributed by atoms with E-state index < -0.39 is 36.0 Å². The summed E-state index contributed by atoms with van der Waals surface area (Å²) in [4.78, 5) is 0. The Balaban J connectivity index is 1.41. The first kappa shape index (κ1) is 37.6. The summed E-state index contributed by atoms with van der Waals surface area (Å²) >= 11 is 6.78. The molecular weight excluding hydrogens is 683 g/mol. The molecule has 0 saturated carbocycles. The molecule has 272 valence electrons. The van der Waals surface area contributed by atoms with Crippen molar-refractivity contribution in [1.29, 1.82) is 0 Å². The minimum absolute atomic E-state index is 0.194. The molecule has 1 N–H and O–H groups in total. The van der Waals surface area contributed by atoms with E-state index in [0.717, 1.165) is 16.7 Å². The van der Waals surface area contributed by atoms with Crippen LogP contribution < -0.4 is 4.74 Å². The summed E-state index contributed by atoms with van der Waals surface area (Å²) in [6.45, 7) is 2.50. The molecule has 0 bridgehead atoms. The number of benzene rings is 5. The highest BCUT2D eigenvalue weighted by Gasteiger charge is 2.58. The second kappa shape index (κ2) is 18.1. The molecule has 6 rings (SSSR count). The van der Waals surface area contributed by atoms with Crippen LogP contribution in [-0.2, 0) is 55.7 Å². The third kappa shape index (κ3) is 8.90. The number of hydrogen-bond acceptors (Lipinski definition) is 7. The molecule has 7 nitrogen and oxygen atoms in total. The molecule has 0 unspecified atom stereocenters. The van der Waals surface area contributed by atoms with Gasteiger partial charge in [-0.15, -0.1) is 0 Å². The van der Waals surface area contributed by atoms with Gasteiger partial charge in [-0.2, -0.15) is 0 Å². The highest BCUT2D eigenvalue weighted by molar-refractivity contribution is 6.31. The lowest BCUT2D eigenvalue weighted by Gasteiger charge is -2.52. The average molecular weight is 727 g/mol. The highest BCUT2D eigenvalue weighted by Crippen LogP contribution is 2.44. The van der Waals surface area contributed by atoms with Gasteiger partial charge in [0, 0.05) is 17.7 Å². The Labute approximate surface area is 309 Å². The van der Waals surface area contributed by atoms with Gasteiger partial charge in [0.2, 0.25) is 5.79 Å². The largest absolute Gasteiger partial charge is 0.491 e. The number of hydrogen-bond donors (Lipinski definition) is 1. The number of aliphatic hydroxyl groups is 1. The molecule has 5 aromatic rings. The van der Waals surface area contributed by atoms with Gasteiger partial charge in [-0.05, 0) is 65.4 Å². The molecule has 1 aliphatic rings. The van der Waals surface area contributed by atoms with Crippen molar-refractivity contribution in [3.05, 3.63) is 172 Å². The predicted molar refractivity (Wildman–Crippen MR) is 198 cm³/mol. The van der Waals surface area contributed by atoms with Gasteiger partial charge in [-0.3, -0.25) is 0 Å². The van der Waals surface area contributed by atoms with Crippen LogP contribution in [0.15, 0.2) is 127 Å². The third-order valence-electron chi connectivity index (χ3n) is 9.15. The molecule has 5 aromatic carbocycles. The fraction of sp³-hybridized carbons (Fsp3) is 0.302. The lowest BCUT2D eigenvalue weighted by molar-refractivity contribution is -0.384. The van der Waals surface area contributed by atoms with E-state index in [2.05, 4.69) is 0 Å². The Kier molecular flexibility index (Phi) is 13.1. The fourth-order valence-electron chi connectivity index (χ4n) is 6.57. The van der Waals surface area contributed by atoms with Gasteiger partial charge in [0.05, 0.1) is 33.0 Å². The van der Waals surface area contributed by atoms with E-state index in [1.54, 1.807) is 19.2 Å². The fourth-order valence-corrected chi connectivity index (χ4v) is 6.76. The van der Waals surface area contributed by atoms with Crippen molar-refractivity contribution >= 4 is 11.6 Å². The maximum absolute atomic E-state index is 14.9. The van der Waals surface area contributed by atoms with Crippen LogP contribution in [0, 0.1) is 5.82 Å². The van der Waals surface area contributed by atoms with Crippen molar-refractivity contribution in [2.75, 3.05) is 20.3 Å². The normalized spacial score (nSPS) is 21.6. The Bertz CT molecular complexity index is 1850. The Morgan fingerprint density at radius 1 is 0.712 bits per heavy atom. The molecule has 0 aliphatic carbocycles. The van der Waals surface area contributed by atoms with Gasteiger partial charge in [-0.25, -0.2) is 4.39 Å². The van der Waals surface area contributed by atoms with Gasteiger partial charge in [0.1, 0.15) is 24.4 Å². The molecule has 9 heteroatoms. The summed E-state index contributed by atoms with van der Waals surface area (Å²) in [7, 11) is 1.54. The van der Waals surface area contributed by atoms with E-state index in [1.165, 1.54) is 6.07 Å². The molecule has 5 atom stereocenters. The minimum Gasteiger partial charge on any atom is -0.491 e. The van der Waals surface area contributed by atoms with Gasteiger partial charge in [0.15, 0.2) is 11.6 Å². The smallest absolute Gasteiger partial charge is 0.225 e. The number of halogens is 2.